The summed E-state index contributed by atoms with van der Waals surface area (Å²) in [5.74, 6) is -0.0277. The third-order valence-electron chi connectivity index (χ3n) is 3.87. The molecular weight excluding hydrogens is 350 g/mol. The van der Waals surface area contributed by atoms with E-state index in [9.17, 15) is 9.90 Å². The van der Waals surface area contributed by atoms with Crippen LogP contribution in [0.25, 0.3) is 0 Å². The standard InChI is InChI=1S/C21H18ClNO3/c22-17-12-10-16(11-13-17)21(15-6-2-1-3-7-15)23-20(25)14-26-19-9-5-4-8-18(19)24/h1-13,21,24H,14H2,(H,23,25). The van der Waals surface area contributed by atoms with Gasteiger partial charge in [0.25, 0.3) is 5.91 Å². The van der Waals surface area contributed by atoms with Gasteiger partial charge in [0, 0.05) is 5.02 Å². The van der Waals surface area contributed by atoms with Crippen LogP contribution in [0, 0.1) is 0 Å². The van der Waals surface area contributed by atoms with Gasteiger partial charge in [-0.15, -0.1) is 0 Å². The predicted molar refractivity (Wildman–Crippen MR) is 101 cm³/mol. The summed E-state index contributed by atoms with van der Waals surface area (Å²) in [6, 6.07) is 23.2. The first kappa shape index (κ1) is 17.8. The van der Waals surface area contributed by atoms with E-state index in [1.54, 1.807) is 30.3 Å². The second-order valence-electron chi connectivity index (χ2n) is 5.72. The fourth-order valence-electron chi connectivity index (χ4n) is 2.59. The van der Waals surface area contributed by atoms with Crippen molar-refractivity contribution < 1.29 is 14.6 Å². The quantitative estimate of drug-likeness (QED) is 0.681. The van der Waals surface area contributed by atoms with Crippen molar-refractivity contribution in [2.24, 2.45) is 0 Å². The van der Waals surface area contributed by atoms with E-state index in [2.05, 4.69) is 5.32 Å². The van der Waals surface area contributed by atoms with Crippen molar-refractivity contribution >= 4 is 17.5 Å². The first-order valence-electron chi connectivity index (χ1n) is 8.14. The number of nitrogens with one attached hydrogen (secondary N) is 1. The minimum atomic E-state index is -0.325. The topological polar surface area (TPSA) is 58.6 Å². The third kappa shape index (κ3) is 4.55. The van der Waals surface area contributed by atoms with E-state index in [4.69, 9.17) is 16.3 Å². The fourth-order valence-corrected chi connectivity index (χ4v) is 2.71. The number of hydrogen-bond acceptors (Lipinski definition) is 3. The van der Waals surface area contributed by atoms with Crippen LogP contribution in [-0.2, 0) is 4.79 Å². The highest BCUT2D eigenvalue weighted by atomic mass is 35.5. The number of para-hydroxylation sites is 2. The molecule has 5 heteroatoms. The number of phenols is 1. The van der Waals surface area contributed by atoms with Crippen LogP contribution in [0.3, 0.4) is 0 Å². The number of carbonyl (C=O) groups is 1. The second kappa shape index (κ2) is 8.41. The lowest BCUT2D eigenvalue weighted by Gasteiger charge is -2.20. The molecule has 0 saturated heterocycles. The maximum atomic E-state index is 12.4. The Bertz CT molecular complexity index is 866. The summed E-state index contributed by atoms with van der Waals surface area (Å²) < 4.78 is 5.41. The molecule has 0 aliphatic heterocycles. The molecule has 0 saturated carbocycles. The van der Waals surface area contributed by atoms with Gasteiger partial charge in [-0.1, -0.05) is 66.2 Å². The van der Waals surface area contributed by atoms with Crippen molar-refractivity contribution in [3.63, 3.8) is 0 Å². The van der Waals surface area contributed by atoms with Crippen molar-refractivity contribution in [1.82, 2.24) is 5.32 Å². The number of hydrogen-bond donors (Lipinski definition) is 2. The largest absolute Gasteiger partial charge is 0.504 e. The Hall–Kier alpha value is -2.98. The van der Waals surface area contributed by atoms with Gasteiger partial charge in [-0.05, 0) is 35.4 Å². The summed E-state index contributed by atoms with van der Waals surface area (Å²) in [5.41, 5.74) is 1.86. The van der Waals surface area contributed by atoms with E-state index < -0.39 is 0 Å². The number of benzene rings is 3. The van der Waals surface area contributed by atoms with Gasteiger partial charge in [-0.2, -0.15) is 0 Å². The number of carbonyl (C=O) groups excluding carboxylic acids is 1. The Kier molecular flexibility index (Phi) is 5.77. The molecule has 0 aromatic heterocycles. The van der Waals surface area contributed by atoms with Crippen molar-refractivity contribution in [2.75, 3.05) is 6.61 Å². The molecule has 26 heavy (non-hydrogen) atoms. The highest BCUT2D eigenvalue weighted by Crippen LogP contribution is 2.25. The lowest BCUT2D eigenvalue weighted by molar-refractivity contribution is -0.123. The van der Waals surface area contributed by atoms with Crippen LogP contribution in [0.1, 0.15) is 17.2 Å². The van der Waals surface area contributed by atoms with Gasteiger partial charge < -0.3 is 15.2 Å². The van der Waals surface area contributed by atoms with Crippen LogP contribution >= 0.6 is 11.6 Å². The number of ether oxygens (including phenoxy) is 1. The summed E-state index contributed by atoms with van der Waals surface area (Å²) in [4.78, 5) is 12.4. The highest BCUT2D eigenvalue weighted by Gasteiger charge is 2.17. The lowest BCUT2D eigenvalue weighted by Crippen LogP contribution is -2.33. The molecule has 132 valence electrons. The van der Waals surface area contributed by atoms with Crippen molar-refractivity contribution in [3.05, 3.63) is 95.0 Å². The molecule has 0 radical (unpaired) electrons. The number of rotatable bonds is 6. The Labute approximate surface area is 157 Å². The van der Waals surface area contributed by atoms with E-state index in [1.807, 2.05) is 42.5 Å². The first-order chi connectivity index (χ1) is 12.6. The minimum Gasteiger partial charge on any atom is -0.504 e. The van der Waals surface area contributed by atoms with Crippen LogP contribution < -0.4 is 10.1 Å². The van der Waals surface area contributed by atoms with Crippen LogP contribution in [0.15, 0.2) is 78.9 Å². The summed E-state index contributed by atoms with van der Waals surface area (Å²) in [6.07, 6.45) is 0. The molecule has 3 aromatic rings. The molecule has 0 heterocycles. The molecule has 0 bridgehead atoms. The average molecular weight is 368 g/mol. The Morgan fingerprint density at radius 1 is 0.923 bits per heavy atom. The predicted octanol–water partition coefficient (Wildman–Crippen LogP) is 4.33. The monoisotopic (exact) mass is 367 g/mol. The molecule has 1 unspecified atom stereocenters. The van der Waals surface area contributed by atoms with Crippen LogP contribution in [0.2, 0.25) is 5.02 Å². The summed E-state index contributed by atoms with van der Waals surface area (Å²) in [6.45, 7) is -0.200. The zero-order chi connectivity index (χ0) is 18.4. The van der Waals surface area contributed by atoms with Gasteiger partial charge in [-0.25, -0.2) is 0 Å². The van der Waals surface area contributed by atoms with Crippen LogP contribution in [0.5, 0.6) is 11.5 Å². The fraction of sp³-hybridized carbons (Fsp3) is 0.0952. The molecule has 1 amide bonds. The SMILES string of the molecule is O=C(COc1ccccc1O)NC(c1ccccc1)c1ccc(Cl)cc1. The highest BCUT2D eigenvalue weighted by molar-refractivity contribution is 6.30. The Balaban J connectivity index is 1.74. The zero-order valence-corrected chi connectivity index (χ0v) is 14.7. The van der Waals surface area contributed by atoms with Gasteiger partial charge in [0.05, 0.1) is 6.04 Å². The van der Waals surface area contributed by atoms with E-state index in [1.165, 1.54) is 6.07 Å². The van der Waals surface area contributed by atoms with Crippen molar-refractivity contribution in [1.29, 1.82) is 0 Å². The average Bonchev–Trinajstić information content (AvgIpc) is 2.67. The van der Waals surface area contributed by atoms with Gasteiger partial charge >= 0.3 is 0 Å². The van der Waals surface area contributed by atoms with Crippen molar-refractivity contribution in [2.45, 2.75) is 6.04 Å². The molecule has 3 aromatic carbocycles. The molecule has 0 fully saturated rings. The first-order valence-corrected chi connectivity index (χ1v) is 8.52. The van der Waals surface area contributed by atoms with Gasteiger partial charge in [-0.3, -0.25) is 4.79 Å². The van der Waals surface area contributed by atoms with E-state index in [0.717, 1.165) is 11.1 Å². The third-order valence-corrected chi connectivity index (χ3v) is 4.12. The summed E-state index contributed by atoms with van der Waals surface area (Å²) in [7, 11) is 0. The van der Waals surface area contributed by atoms with Gasteiger partial charge in [0.15, 0.2) is 18.1 Å². The van der Waals surface area contributed by atoms with E-state index in [0.29, 0.717) is 5.02 Å². The molecular formula is C21H18ClNO3. The second-order valence-corrected chi connectivity index (χ2v) is 6.16. The van der Waals surface area contributed by atoms with Crippen LogP contribution in [0.4, 0.5) is 0 Å². The molecule has 0 aliphatic rings. The Morgan fingerprint density at radius 3 is 2.23 bits per heavy atom. The lowest BCUT2D eigenvalue weighted by atomic mass is 9.99. The van der Waals surface area contributed by atoms with E-state index in [-0.39, 0.29) is 30.1 Å². The maximum Gasteiger partial charge on any atom is 0.258 e. The smallest absolute Gasteiger partial charge is 0.258 e. The number of amides is 1. The summed E-state index contributed by atoms with van der Waals surface area (Å²) >= 11 is 5.97. The minimum absolute atomic E-state index is 0.00221. The maximum absolute atomic E-state index is 12.4. The van der Waals surface area contributed by atoms with Gasteiger partial charge in [0.1, 0.15) is 0 Å². The molecule has 0 spiro atoms. The molecule has 3 rings (SSSR count). The summed E-state index contributed by atoms with van der Waals surface area (Å²) in [5, 5.41) is 13.3. The number of aromatic hydroxyl groups is 1. The molecule has 2 N–H and O–H groups in total. The van der Waals surface area contributed by atoms with Crippen molar-refractivity contribution in [3.8, 4) is 11.5 Å². The molecule has 0 aliphatic carbocycles. The normalized spacial score (nSPS) is 11.6. The Morgan fingerprint density at radius 2 is 1.54 bits per heavy atom. The zero-order valence-electron chi connectivity index (χ0n) is 13.9. The van der Waals surface area contributed by atoms with Crippen LogP contribution in [-0.4, -0.2) is 17.6 Å². The molecule has 1 atom stereocenters. The van der Waals surface area contributed by atoms with Gasteiger partial charge in [0.2, 0.25) is 0 Å². The number of phenolic OH excluding ortho intramolecular Hbond substituents is 1. The van der Waals surface area contributed by atoms with E-state index >= 15 is 0 Å². The number of halogens is 1. The molecule has 4 nitrogen and oxygen atoms in total.